The summed E-state index contributed by atoms with van der Waals surface area (Å²) in [6.07, 6.45) is 4.11. The lowest BCUT2D eigenvalue weighted by Gasteiger charge is -2.11. The van der Waals surface area contributed by atoms with Gasteiger partial charge in [-0.05, 0) is 53.0 Å². The van der Waals surface area contributed by atoms with Gasteiger partial charge < -0.3 is 5.73 Å². The lowest BCUT2D eigenvalue weighted by Crippen LogP contribution is -1.91. The molecular formula is C23H21N. The molecule has 1 nitrogen and oxygen atoms in total. The highest BCUT2D eigenvalue weighted by Crippen LogP contribution is 2.28. The summed E-state index contributed by atoms with van der Waals surface area (Å²) in [7, 11) is 0. The van der Waals surface area contributed by atoms with Crippen molar-refractivity contribution in [1.29, 1.82) is 0 Å². The molecule has 24 heavy (non-hydrogen) atoms. The molecule has 0 aliphatic carbocycles. The first-order valence-electron chi connectivity index (χ1n) is 8.03. The summed E-state index contributed by atoms with van der Waals surface area (Å²) in [5, 5.41) is 0. The number of aryl methyl sites for hydroxylation is 1. The fraction of sp³-hybridized carbons (Fsp3) is 0.0435. The quantitative estimate of drug-likeness (QED) is 0.477. The van der Waals surface area contributed by atoms with Gasteiger partial charge in [-0.25, -0.2) is 0 Å². The van der Waals surface area contributed by atoms with Gasteiger partial charge in [-0.15, -0.1) is 0 Å². The Bertz CT molecular complexity index is 821. The zero-order valence-electron chi connectivity index (χ0n) is 13.9. The average molecular weight is 311 g/mol. The number of rotatable bonds is 4. The summed E-state index contributed by atoms with van der Waals surface area (Å²) in [6.45, 7) is 6.02. The molecule has 0 amide bonds. The molecule has 0 unspecified atom stereocenters. The Labute approximate surface area is 143 Å². The van der Waals surface area contributed by atoms with Gasteiger partial charge in [0.2, 0.25) is 0 Å². The highest BCUT2D eigenvalue weighted by molar-refractivity contribution is 5.93. The smallest absolute Gasteiger partial charge is 0.0314 e. The monoisotopic (exact) mass is 311 g/mol. The molecule has 0 spiro atoms. The van der Waals surface area contributed by atoms with E-state index in [0.29, 0.717) is 0 Å². The zero-order valence-corrected chi connectivity index (χ0v) is 13.9. The van der Waals surface area contributed by atoms with Gasteiger partial charge in [-0.1, -0.05) is 78.9 Å². The van der Waals surface area contributed by atoms with E-state index in [4.69, 9.17) is 5.73 Å². The van der Waals surface area contributed by atoms with E-state index in [2.05, 4.69) is 74.2 Å². The van der Waals surface area contributed by atoms with Crippen LogP contribution in [0, 0.1) is 6.92 Å². The van der Waals surface area contributed by atoms with Crippen molar-refractivity contribution in [3.63, 3.8) is 0 Å². The van der Waals surface area contributed by atoms with Gasteiger partial charge >= 0.3 is 0 Å². The molecule has 0 saturated carbocycles. The Kier molecular flexibility index (Phi) is 4.62. The van der Waals surface area contributed by atoms with E-state index < -0.39 is 0 Å². The second-order valence-corrected chi connectivity index (χ2v) is 5.88. The minimum atomic E-state index is 0.772. The molecule has 0 bridgehead atoms. The molecule has 0 aliphatic rings. The Morgan fingerprint density at radius 1 is 0.792 bits per heavy atom. The summed E-state index contributed by atoms with van der Waals surface area (Å²) in [5.41, 5.74) is 13.7. The second-order valence-electron chi connectivity index (χ2n) is 5.88. The van der Waals surface area contributed by atoms with E-state index in [-0.39, 0.29) is 0 Å². The summed E-state index contributed by atoms with van der Waals surface area (Å²) >= 11 is 0. The standard InChI is InChI=1S/C23H21N/c1-3-18-6-4-5-7-21(18)16-23(19-10-8-17(2)9-11-19)20-12-14-22(24)15-13-20/h3-16H,1,24H2,2H3/b23-16-. The van der Waals surface area contributed by atoms with Crippen molar-refractivity contribution < 1.29 is 0 Å². The molecule has 0 heterocycles. The summed E-state index contributed by atoms with van der Waals surface area (Å²) in [6, 6.07) is 24.9. The first-order valence-corrected chi connectivity index (χ1v) is 8.03. The number of anilines is 1. The SMILES string of the molecule is C=Cc1ccccc1/C=C(/c1ccc(C)cc1)c1ccc(N)cc1. The second kappa shape index (κ2) is 7.01. The van der Waals surface area contributed by atoms with Gasteiger partial charge in [0.05, 0.1) is 0 Å². The van der Waals surface area contributed by atoms with Crippen molar-refractivity contribution in [3.8, 4) is 0 Å². The fourth-order valence-corrected chi connectivity index (χ4v) is 2.71. The molecule has 0 aliphatic heterocycles. The lowest BCUT2D eigenvalue weighted by atomic mass is 9.93. The van der Waals surface area contributed by atoms with Crippen LogP contribution in [0.4, 0.5) is 5.69 Å². The van der Waals surface area contributed by atoms with Crippen LogP contribution >= 0.6 is 0 Å². The van der Waals surface area contributed by atoms with Crippen LogP contribution in [0.25, 0.3) is 17.7 Å². The molecule has 3 rings (SSSR count). The predicted octanol–water partition coefficient (Wildman–Crippen LogP) is 5.81. The van der Waals surface area contributed by atoms with Crippen molar-refractivity contribution in [2.75, 3.05) is 5.73 Å². The van der Waals surface area contributed by atoms with Crippen LogP contribution in [0.1, 0.15) is 27.8 Å². The minimum Gasteiger partial charge on any atom is -0.399 e. The van der Waals surface area contributed by atoms with Gasteiger partial charge in [0.15, 0.2) is 0 Å². The maximum atomic E-state index is 5.85. The largest absolute Gasteiger partial charge is 0.399 e. The zero-order chi connectivity index (χ0) is 16.9. The maximum absolute atomic E-state index is 5.85. The predicted molar refractivity (Wildman–Crippen MR) is 106 cm³/mol. The van der Waals surface area contributed by atoms with Gasteiger partial charge in [-0.3, -0.25) is 0 Å². The van der Waals surface area contributed by atoms with Gasteiger partial charge in [0.25, 0.3) is 0 Å². The Morgan fingerprint density at radius 3 is 1.92 bits per heavy atom. The third-order valence-electron chi connectivity index (χ3n) is 4.10. The van der Waals surface area contributed by atoms with Crippen molar-refractivity contribution in [2.45, 2.75) is 6.92 Å². The molecule has 3 aromatic carbocycles. The Morgan fingerprint density at radius 2 is 1.33 bits per heavy atom. The maximum Gasteiger partial charge on any atom is 0.0314 e. The van der Waals surface area contributed by atoms with Gasteiger partial charge in [-0.2, -0.15) is 0 Å². The van der Waals surface area contributed by atoms with Crippen LogP contribution in [-0.2, 0) is 0 Å². The summed E-state index contributed by atoms with van der Waals surface area (Å²) in [4.78, 5) is 0. The number of benzene rings is 3. The molecule has 1 heteroatoms. The molecule has 0 fully saturated rings. The van der Waals surface area contributed by atoms with Crippen LogP contribution in [0.3, 0.4) is 0 Å². The third-order valence-corrected chi connectivity index (χ3v) is 4.10. The van der Waals surface area contributed by atoms with Crippen LogP contribution < -0.4 is 5.73 Å². The van der Waals surface area contributed by atoms with E-state index in [1.807, 2.05) is 24.3 Å². The van der Waals surface area contributed by atoms with E-state index in [1.54, 1.807) is 0 Å². The highest BCUT2D eigenvalue weighted by Gasteiger charge is 2.07. The molecule has 0 saturated heterocycles. The minimum absolute atomic E-state index is 0.772. The van der Waals surface area contributed by atoms with E-state index in [9.17, 15) is 0 Å². The Balaban J connectivity index is 2.17. The van der Waals surface area contributed by atoms with Crippen molar-refractivity contribution in [1.82, 2.24) is 0 Å². The van der Waals surface area contributed by atoms with Crippen LogP contribution in [0.2, 0.25) is 0 Å². The number of hydrogen-bond donors (Lipinski definition) is 1. The number of nitrogens with two attached hydrogens (primary N) is 1. The van der Waals surface area contributed by atoms with Crippen molar-refractivity contribution in [3.05, 3.63) is 107 Å². The van der Waals surface area contributed by atoms with Crippen LogP contribution in [0.15, 0.2) is 79.4 Å². The average Bonchev–Trinajstić information content (AvgIpc) is 2.62. The molecule has 0 atom stereocenters. The molecular weight excluding hydrogens is 290 g/mol. The van der Waals surface area contributed by atoms with Gasteiger partial charge in [0.1, 0.15) is 0 Å². The first kappa shape index (κ1) is 15.8. The first-order chi connectivity index (χ1) is 11.7. The molecule has 118 valence electrons. The summed E-state index contributed by atoms with van der Waals surface area (Å²) in [5.74, 6) is 0. The molecule has 2 N–H and O–H groups in total. The van der Waals surface area contributed by atoms with E-state index in [0.717, 1.165) is 22.4 Å². The van der Waals surface area contributed by atoms with Crippen LogP contribution in [-0.4, -0.2) is 0 Å². The van der Waals surface area contributed by atoms with Crippen molar-refractivity contribution >= 4 is 23.4 Å². The third kappa shape index (κ3) is 3.47. The molecule has 0 radical (unpaired) electrons. The number of nitrogen functional groups attached to an aromatic ring is 1. The Hall–Kier alpha value is -3.06. The topological polar surface area (TPSA) is 26.0 Å². The van der Waals surface area contributed by atoms with E-state index in [1.165, 1.54) is 16.7 Å². The normalized spacial score (nSPS) is 11.3. The highest BCUT2D eigenvalue weighted by atomic mass is 14.5. The molecule has 0 aromatic heterocycles. The lowest BCUT2D eigenvalue weighted by molar-refractivity contribution is 1.45. The van der Waals surface area contributed by atoms with E-state index >= 15 is 0 Å². The summed E-state index contributed by atoms with van der Waals surface area (Å²) < 4.78 is 0. The fourth-order valence-electron chi connectivity index (χ4n) is 2.71. The van der Waals surface area contributed by atoms with Crippen LogP contribution in [0.5, 0.6) is 0 Å². The number of hydrogen-bond acceptors (Lipinski definition) is 1. The molecule has 3 aromatic rings. The van der Waals surface area contributed by atoms with Gasteiger partial charge in [0, 0.05) is 5.69 Å². The van der Waals surface area contributed by atoms with Crippen molar-refractivity contribution in [2.24, 2.45) is 0 Å².